The smallest absolute Gasteiger partial charge is 0.346 e. The van der Waals surface area contributed by atoms with E-state index in [0.717, 1.165) is 5.56 Å². The summed E-state index contributed by atoms with van der Waals surface area (Å²) in [4.78, 5) is 24.0. The molecule has 0 saturated heterocycles. The molecule has 0 bridgehead atoms. The van der Waals surface area contributed by atoms with Crippen LogP contribution in [0, 0.1) is 0 Å². The topological polar surface area (TPSA) is 99.2 Å². The molecule has 0 aromatic heterocycles. The quantitative estimate of drug-likeness (QED) is 0.427. The molecule has 1 unspecified atom stereocenters. The number of benzene rings is 3. The van der Waals surface area contributed by atoms with Crippen molar-refractivity contribution in [1.82, 2.24) is 0 Å². The van der Waals surface area contributed by atoms with Gasteiger partial charge in [0.15, 0.2) is 6.10 Å². The summed E-state index contributed by atoms with van der Waals surface area (Å²) < 4.78 is 43.5. The van der Waals surface area contributed by atoms with E-state index in [2.05, 4.69) is 4.74 Å². The lowest BCUT2D eigenvalue weighted by atomic mass is 10.2. The fourth-order valence-corrected chi connectivity index (χ4v) is 4.67. The Kier molecular flexibility index (Phi) is 7.91. The maximum Gasteiger partial charge on any atom is 0.346 e. The van der Waals surface area contributed by atoms with Crippen molar-refractivity contribution >= 4 is 27.6 Å². The monoisotopic (exact) mass is 483 g/mol. The van der Waals surface area contributed by atoms with Crippen molar-refractivity contribution in [2.45, 2.75) is 24.5 Å². The molecule has 3 aromatic rings. The number of hydrogen-bond acceptors (Lipinski definition) is 7. The van der Waals surface area contributed by atoms with E-state index >= 15 is 0 Å². The van der Waals surface area contributed by atoms with Crippen molar-refractivity contribution in [3.8, 4) is 5.75 Å². The highest BCUT2D eigenvalue weighted by atomic mass is 32.2. The van der Waals surface area contributed by atoms with Crippen molar-refractivity contribution in [3.05, 3.63) is 90.0 Å². The highest BCUT2D eigenvalue weighted by molar-refractivity contribution is 7.92. The molecule has 0 aliphatic rings. The van der Waals surface area contributed by atoms with Crippen LogP contribution in [0.3, 0.4) is 0 Å². The number of anilines is 1. The van der Waals surface area contributed by atoms with E-state index in [9.17, 15) is 18.0 Å². The van der Waals surface area contributed by atoms with Gasteiger partial charge in [0.1, 0.15) is 5.75 Å². The van der Waals surface area contributed by atoms with E-state index in [1.54, 1.807) is 24.3 Å². The number of carbonyl (C=O) groups excluding carboxylic acids is 2. The van der Waals surface area contributed by atoms with Crippen LogP contribution >= 0.6 is 0 Å². The first kappa shape index (κ1) is 24.8. The van der Waals surface area contributed by atoms with Crippen LogP contribution in [-0.2, 0) is 30.8 Å². The maximum absolute atomic E-state index is 13.7. The van der Waals surface area contributed by atoms with Gasteiger partial charge in [0.2, 0.25) is 0 Å². The Morgan fingerprint density at radius 2 is 1.59 bits per heavy atom. The average Bonchev–Trinajstić information content (AvgIpc) is 2.87. The predicted molar refractivity (Wildman–Crippen MR) is 126 cm³/mol. The number of hydrogen-bond donors (Lipinski definition) is 0. The Morgan fingerprint density at radius 3 is 2.21 bits per heavy atom. The number of esters is 2. The van der Waals surface area contributed by atoms with Crippen LogP contribution in [0.4, 0.5) is 5.69 Å². The van der Waals surface area contributed by atoms with E-state index in [1.165, 1.54) is 49.7 Å². The molecule has 0 spiro atoms. The summed E-state index contributed by atoms with van der Waals surface area (Å²) in [6, 6.07) is 21.3. The van der Waals surface area contributed by atoms with E-state index in [1.807, 2.05) is 30.3 Å². The summed E-state index contributed by atoms with van der Waals surface area (Å²) in [5, 5.41) is 0. The molecule has 8 nitrogen and oxygen atoms in total. The molecule has 0 radical (unpaired) electrons. The summed E-state index contributed by atoms with van der Waals surface area (Å²) in [6.07, 6.45) is -1.13. The van der Waals surface area contributed by atoms with Gasteiger partial charge in [0.05, 0.1) is 36.9 Å². The van der Waals surface area contributed by atoms with Crippen LogP contribution in [0.25, 0.3) is 0 Å². The number of sulfonamides is 1. The van der Waals surface area contributed by atoms with Gasteiger partial charge >= 0.3 is 11.9 Å². The minimum absolute atomic E-state index is 0.00813. The summed E-state index contributed by atoms with van der Waals surface area (Å²) >= 11 is 0. The zero-order valence-electron chi connectivity index (χ0n) is 19.0. The molecule has 0 fully saturated rings. The van der Waals surface area contributed by atoms with Gasteiger partial charge in [-0.3, -0.25) is 4.31 Å². The fourth-order valence-electron chi connectivity index (χ4n) is 3.17. The van der Waals surface area contributed by atoms with Crippen LogP contribution in [0.5, 0.6) is 5.75 Å². The first-order valence-corrected chi connectivity index (χ1v) is 11.8. The van der Waals surface area contributed by atoms with Crippen molar-refractivity contribution < 1.29 is 32.2 Å². The molecule has 178 valence electrons. The highest BCUT2D eigenvalue weighted by Gasteiger charge is 2.27. The molecule has 3 rings (SSSR count). The highest BCUT2D eigenvalue weighted by Crippen LogP contribution is 2.28. The standard InChI is InChI=1S/C25H25NO7S/c1-18(24(27)32-3)33-25(28)20-10-7-11-23(16-20)34(29,30)26(17-19-8-5-4-6-9-19)21-12-14-22(31-2)15-13-21/h4-16,18H,17H2,1-3H3. The molecule has 9 heteroatoms. The first-order chi connectivity index (χ1) is 16.3. The normalized spacial score (nSPS) is 11.9. The van der Waals surface area contributed by atoms with Gasteiger partial charge in [-0.05, 0) is 55.0 Å². The van der Waals surface area contributed by atoms with Crippen LogP contribution in [0.2, 0.25) is 0 Å². The van der Waals surface area contributed by atoms with E-state index in [0.29, 0.717) is 11.4 Å². The summed E-state index contributed by atoms with van der Waals surface area (Å²) in [6.45, 7) is 1.44. The number of methoxy groups -OCH3 is 2. The third kappa shape index (κ3) is 5.74. The third-order valence-corrected chi connectivity index (χ3v) is 6.77. The minimum atomic E-state index is -4.08. The van der Waals surface area contributed by atoms with Gasteiger partial charge in [0, 0.05) is 0 Å². The average molecular weight is 484 g/mol. The third-order valence-electron chi connectivity index (χ3n) is 5.00. The molecular weight excluding hydrogens is 458 g/mol. The lowest BCUT2D eigenvalue weighted by Crippen LogP contribution is -2.31. The molecule has 0 N–H and O–H groups in total. The largest absolute Gasteiger partial charge is 0.497 e. The molecule has 0 aliphatic carbocycles. The Balaban J connectivity index is 1.98. The molecule has 3 aromatic carbocycles. The zero-order chi connectivity index (χ0) is 24.7. The summed E-state index contributed by atoms with van der Waals surface area (Å²) in [7, 11) is -1.38. The van der Waals surface area contributed by atoms with E-state index in [-0.39, 0.29) is 17.0 Å². The fraction of sp³-hybridized carbons (Fsp3) is 0.200. The van der Waals surface area contributed by atoms with Crippen molar-refractivity contribution in [3.63, 3.8) is 0 Å². The van der Waals surface area contributed by atoms with Crippen molar-refractivity contribution in [2.24, 2.45) is 0 Å². The molecule has 1 atom stereocenters. The molecule has 0 saturated carbocycles. The van der Waals surface area contributed by atoms with Gasteiger partial charge < -0.3 is 14.2 Å². The summed E-state index contributed by atoms with van der Waals surface area (Å²) in [5.41, 5.74) is 1.20. The van der Waals surface area contributed by atoms with Crippen molar-refractivity contribution in [2.75, 3.05) is 18.5 Å². The minimum Gasteiger partial charge on any atom is -0.497 e. The van der Waals surface area contributed by atoms with Crippen LogP contribution in [-0.4, -0.2) is 40.7 Å². The predicted octanol–water partition coefficient (Wildman–Crippen LogP) is 3.81. The number of carbonyl (C=O) groups is 2. The Morgan fingerprint density at radius 1 is 0.912 bits per heavy atom. The summed E-state index contributed by atoms with van der Waals surface area (Å²) in [5.74, 6) is -0.968. The second-order valence-electron chi connectivity index (χ2n) is 7.29. The lowest BCUT2D eigenvalue weighted by Gasteiger charge is -2.25. The number of rotatable bonds is 9. The van der Waals surface area contributed by atoms with Gasteiger partial charge in [-0.25, -0.2) is 18.0 Å². The van der Waals surface area contributed by atoms with E-state index in [4.69, 9.17) is 9.47 Å². The van der Waals surface area contributed by atoms with E-state index < -0.39 is 28.1 Å². The zero-order valence-corrected chi connectivity index (χ0v) is 19.8. The Bertz CT molecular complexity index is 1240. The van der Waals surface area contributed by atoms with Crippen LogP contribution < -0.4 is 9.04 Å². The number of ether oxygens (including phenoxy) is 3. The number of nitrogens with zero attached hydrogens (tertiary/aromatic N) is 1. The van der Waals surface area contributed by atoms with Crippen molar-refractivity contribution in [1.29, 1.82) is 0 Å². The molecule has 34 heavy (non-hydrogen) atoms. The Labute approximate surface area is 198 Å². The van der Waals surface area contributed by atoms with Gasteiger partial charge in [-0.15, -0.1) is 0 Å². The second-order valence-corrected chi connectivity index (χ2v) is 9.16. The van der Waals surface area contributed by atoms with Gasteiger partial charge in [-0.1, -0.05) is 36.4 Å². The van der Waals surface area contributed by atoms with Crippen LogP contribution in [0.1, 0.15) is 22.8 Å². The molecule has 0 aliphatic heterocycles. The van der Waals surface area contributed by atoms with Gasteiger partial charge in [-0.2, -0.15) is 0 Å². The van der Waals surface area contributed by atoms with Crippen LogP contribution in [0.15, 0.2) is 83.8 Å². The first-order valence-electron chi connectivity index (χ1n) is 10.4. The molecular formula is C25H25NO7S. The van der Waals surface area contributed by atoms with Gasteiger partial charge in [0.25, 0.3) is 10.0 Å². The molecule has 0 heterocycles. The maximum atomic E-state index is 13.7. The SMILES string of the molecule is COC(=O)C(C)OC(=O)c1cccc(S(=O)(=O)N(Cc2ccccc2)c2ccc(OC)cc2)c1. The lowest BCUT2D eigenvalue weighted by molar-refractivity contribution is -0.149. The second kappa shape index (κ2) is 10.8. The Hall–Kier alpha value is -3.85. The molecule has 0 amide bonds.